The molecular formula is C43H83N5O5. The Morgan fingerprint density at radius 2 is 1.11 bits per heavy atom. The van der Waals surface area contributed by atoms with Gasteiger partial charge in [-0.25, -0.2) is 14.9 Å². The molecule has 10 nitrogen and oxygen atoms in total. The molecule has 0 aromatic carbocycles. The molecule has 0 aliphatic rings. The molecule has 1 rings (SSSR count). The zero-order chi connectivity index (χ0) is 38.7. The first-order valence-corrected chi connectivity index (χ1v) is 22.1. The molecule has 1 aromatic heterocycles. The summed E-state index contributed by atoms with van der Waals surface area (Å²) in [6.45, 7) is 12.4. The molecule has 10 heteroatoms. The van der Waals surface area contributed by atoms with Crippen LogP contribution in [0, 0.1) is 0 Å². The number of carbonyl (C=O) groups is 2. The summed E-state index contributed by atoms with van der Waals surface area (Å²) >= 11 is 0. The molecule has 53 heavy (non-hydrogen) atoms. The summed E-state index contributed by atoms with van der Waals surface area (Å²) < 4.78 is 19.4. The average molecular weight is 750 g/mol. The van der Waals surface area contributed by atoms with Gasteiger partial charge in [0.15, 0.2) is 0 Å². The van der Waals surface area contributed by atoms with Gasteiger partial charge in [0.2, 0.25) is 5.91 Å². The van der Waals surface area contributed by atoms with Gasteiger partial charge in [-0.3, -0.25) is 10.2 Å². The summed E-state index contributed by atoms with van der Waals surface area (Å²) in [7, 11) is 0. The minimum atomic E-state index is -0.696. The van der Waals surface area contributed by atoms with Crippen molar-refractivity contribution >= 4 is 12.0 Å². The van der Waals surface area contributed by atoms with Gasteiger partial charge in [-0.15, -0.1) is 5.10 Å². The van der Waals surface area contributed by atoms with E-state index >= 15 is 0 Å². The largest absolute Gasteiger partial charge is 0.443 e. The number of nitrogens with one attached hydrogen (secondary N) is 2. The number of rotatable bonds is 36. The van der Waals surface area contributed by atoms with Crippen LogP contribution in [-0.4, -0.2) is 58.5 Å². The lowest BCUT2D eigenvalue weighted by Gasteiger charge is -2.19. The second-order valence-electron chi connectivity index (χ2n) is 16.2. The molecule has 0 saturated heterocycles. The number of ether oxygens (including phenoxy) is 3. The van der Waals surface area contributed by atoms with Crippen LogP contribution in [-0.2, 0) is 32.0 Å². The van der Waals surface area contributed by atoms with Crippen LogP contribution in [0.4, 0.5) is 4.79 Å². The zero-order valence-corrected chi connectivity index (χ0v) is 35.2. The van der Waals surface area contributed by atoms with Crippen LogP contribution in [0.1, 0.15) is 214 Å². The van der Waals surface area contributed by atoms with Gasteiger partial charge in [-0.2, -0.15) is 0 Å². The summed E-state index contributed by atoms with van der Waals surface area (Å²) in [5.74, 6) is -0.328. The third-order valence-corrected chi connectivity index (χ3v) is 9.59. The van der Waals surface area contributed by atoms with Crippen molar-refractivity contribution < 1.29 is 23.8 Å². The van der Waals surface area contributed by atoms with Gasteiger partial charge < -0.3 is 14.2 Å². The maximum absolute atomic E-state index is 12.2. The van der Waals surface area contributed by atoms with E-state index in [-0.39, 0.29) is 18.4 Å². The Hall–Kier alpha value is -2.20. The molecule has 2 N–H and O–H groups in total. The van der Waals surface area contributed by atoms with Crippen LogP contribution in [0.5, 0.6) is 0 Å². The molecule has 1 atom stereocenters. The third kappa shape index (κ3) is 32.9. The molecule has 2 amide bonds. The maximum atomic E-state index is 12.2. The first-order valence-electron chi connectivity index (χ1n) is 22.1. The molecule has 0 radical (unpaired) electrons. The lowest BCUT2D eigenvalue weighted by molar-refractivity contribution is -0.122. The fourth-order valence-electron chi connectivity index (χ4n) is 6.44. The van der Waals surface area contributed by atoms with Crippen molar-refractivity contribution in [1.82, 2.24) is 25.8 Å². The topological polar surface area (TPSA) is 117 Å². The first kappa shape index (κ1) is 48.8. The molecule has 310 valence electrons. The van der Waals surface area contributed by atoms with Crippen LogP contribution < -0.4 is 10.9 Å². The van der Waals surface area contributed by atoms with Crippen molar-refractivity contribution in [1.29, 1.82) is 0 Å². The SMILES string of the molecule is CCCCCCCCCCCCCCCOCC(Cn1cc(CCC(=O)NNC(=O)OC(C)(C)C)nn1)OCCCCCCCCCCCCCCC. The Morgan fingerprint density at radius 1 is 0.660 bits per heavy atom. The van der Waals surface area contributed by atoms with Crippen LogP contribution in [0.2, 0.25) is 0 Å². The third-order valence-electron chi connectivity index (χ3n) is 9.59. The lowest BCUT2D eigenvalue weighted by Crippen LogP contribution is -2.44. The molecule has 1 aromatic rings. The fraction of sp³-hybridized carbons (Fsp3) is 0.907. The van der Waals surface area contributed by atoms with E-state index in [4.69, 9.17) is 14.2 Å². The van der Waals surface area contributed by atoms with E-state index in [1.165, 1.54) is 154 Å². The minimum absolute atomic E-state index is 0.106. The number of hydrogen-bond donors (Lipinski definition) is 2. The van der Waals surface area contributed by atoms with Crippen molar-refractivity contribution in [3.05, 3.63) is 11.9 Å². The van der Waals surface area contributed by atoms with Crippen LogP contribution in [0.15, 0.2) is 6.20 Å². The van der Waals surface area contributed by atoms with Gasteiger partial charge in [0.1, 0.15) is 11.7 Å². The standard InChI is InChI=1S/C43H83N5O5/c1-6-8-10-12-14-16-18-20-22-24-26-28-30-34-51-38-40(52-35-31-29-27-25-23-21-19-17-15-13-11-9-7-2)37-48-36-39(44-47-48)32-33-41(49)45-46-42(50)53-43(3,4)5/h36,40H,6-35,37-38H2,1-5H3,(H,45,49)(H,46,50). The molecule has 0 spiro atoms. The number of hydrazine groups is 1. The summed E-state index contributed by atoms with van der Waals surface area (Å²) in [6.07, 6.45) is 36.3. The van der Waals surface area contributed by atoms with E-state index in [0.29, 0.717) is 25.3 Å². The second kappa shape index (κ2) is 34.3. The molecule has 1 heterocycles. The van der Waals surface area contributed by atoms with Crippen molar-refractivity contribution in [3.63, 3.8) is 0 Å². The second-order valence-corrected chi connectivity index (χ2v) is 16.2. The molecule has 0 aliphatic carbocycles. The van der Waals surface area contributed by atoms with E-state index in [2.05, 4.69) is 35.0 Å². The number of carbonyl (C=O) groups excluding carboxylic acids is 2. The monoisotopic (exact) mass is 750 g/mol. The highest BCUT2D eigenvalue weighted by Gasteiger charge is 2.17. The highest BCUT2D eigenvalue weighted by Crippen LogP contribution is 2.15. The number of hydrogen-bond acceptors (Lipinski definition) is 7. The number of amides is 2. The minimum Gasteiger partial charge on any atom is -0.443 e. The van der Waals surface area contributed by atoms with E-state index in [1.54, 1.807) is 25.5 Å². The molecule has 0 aliphatic heterocycles. The first-order chi connectivity index (χ1) is 25.7. The van der Waals surface area contributed by atoms with E-state index in [1.807, 2.05) is 6.20 Å². The Balaban J connectivity index is 2.34. The molecule has 0 fully saturated rings. The Kier molecular flexibility index (Phi) is 31.6. The number of aryl methyl sites for hydroxylation is 1. The highest BCUT2D eigenvalue weighted by molar-refractivity contribution is 5.79. The van der Waals surface area contributed by atoms with E-state index < -0.39 is 11.7 Å². The smallest absolute Gasteiger partial charge is 0.426 e. The number of aromatic nitrogens is 3. The van der Waals surface area contributed by atoms with Crippen molar-refractivity contribution in [2.24, 2.45) is 0 Å². The predicted octanol–water partition coefficient (Wildman–Crippen LogP) is 11.4. The van der Waals surface area contributed by atoms with Crippen LogP contribution in [0.3, 0.4) is 0 Å². The van der Waals surface area contributed by atoms with Crippen molar-refractivity contribution in [2.75, 3.05) is 19.8 Å². The Labute approximate surface area is 325 Å². The Morgan fingerprint density at radius 3 is 1.58 bits per heavy atom. The van der Waals surface area contributed by atoms with Crippen LogP contribution >= 0.6 is 0 Å². The van der Waals surface area contributed by atoms with Crippen molar-refractivity contribution in [3.8, 4) is 0 Å². The number of nitrogens with zero attached hydrogens (tertiary/aromatic N) is 3. The zero-order valence-electron chi connectivity index (χ0n) is 35.2. The quantitative estimate of drug-likeness (QED) is 0.0518. The van der Waals surface area contributed by atoms with Gasteiger partial charge in [0.05, 0.1) is 18.8 Å². The van der Waals surface area contributed by atoms with Gasteiger partial charge >= 0.3 is 6.09 Å². The average Bonchev–Trinajstić information content (AvgIpc) is 3.57. The van der Waals surface area contributed by atoms with Gasteiger partial charge in [0, 0.05) is 32.3 Å². The lowest BCUT2D eigenvalue weighted by atomic mass is 10.0. The summed E-state index contributed by atoms with van der Waals surface area (Å²) in [5.41, 5.74) is 4.73. The van der Waals surface area contributed by atoms with Gasteiger partial charge in [-0.05, 0) is 33.6 Å². The summed E-state index contributed by atoms with van der Waals surface area (Å²) in [4.78, 5) is 24.0. The molecular weight excluding hydrogens is 667 g/mol. The summed E-state index contributed by atoms with van der Waals surface area (Å²) in [6, 6.07) is 0. The molecule has 0 bridgehead atoms. The predicted molar refractivity (Wildman–Crippen MR) is 218 cm³/mol. The van der Waals surface area contributed by atoms with Crippen molar-refractivity contribution in [2.45, 2.75) is 233 Å². The van der Waals surface area contributed by atoms with E-state index in [9.17, 15) is 9.59 Å². The Bertz CT molecular complexity index is 983. The van der Waals surface area contributed by atoms with Gasteiger partial charge in [0.25, 0.3) is 0 Å². The van der Waals surface area contributed by atoms with Gasteiger partial charge in [-0.1, -0.05) is 173 Å². The normalized spacial score (nSPS) is 12.2. The maximum Gasteiger partial charge on any atom is 0.426 e. The summed E-state index contributed by atoms with van der Waals surface area (Å²) in [5, 5.41) is 8.56. The van der Waals surface area contributed by atoms with E-state index in [0.717, 1.165) is 26.1 Å². The molecule has 1 unspecified atom stereocenters. The highest BCUT2D eigenvalue weighted by atomic mass is 16.6. The van der Waals surface area contributed by atoms with Crippen LogP contribution in [0.25, 0.3) is 0 Å². The fourth-order valence-corrected chi connectivity index (χ4v) is 6.44. The molecule has 0 saturated carbocycles. The number of unbranched alkanes of at least 4 members (excludes halogenated alkanes) is 24.